The summed E-state index contributed by atoms with van der Waals surface area (Å²) in [7, 11) is 0. The minimum absolute atomic E-state index is 0.329. The van der Waals surface area contributed by atoms with E-state index < -0.39 is 0 Å². The lowest BCUT2D eigenvalue weighted by Gasteiger charge is -2.10. The topological polar surface area (TPSA) is 32.9 Å². The molecule has 3 rings (SSSR count). The summed E-state index contributed by atoms with van der Waals surface area (Å²) in [4.78, 5) is 15.2. The highest BCUT2D eigenvalue weighted by molar-refractivity contribution is 6.02. The summed E-state index contributed by atoms with van der Waals surface area (Å²) >= 11 is 0. The first-order chi connectivity index (χ1) is 6.86. The highest BCUT2D eigenvalue weighted by Crippen LogP contribution is 2.30. The summed E-state index contributed by atoms with van der Waals surface area (Å²) in [6.07, 6.45) is 9.21. The highest BCUT2D eigenvalue weighted by Gasteiger charge is 2.25. The average molecular weight is 187 g/mol. The molecule has 0 fully saturated rings. The molecule has 1 aromatic heterocycles. The van der Waals surface area contributed by atoms with E-state index in [0.29, 0.717) is 5.78 Å². The van der Waals surface area contributed by atoms with Gasteiger partial charge < -0.3 is 4.98 Å². The van der Waals surface area contributed by atoms with Gasteiger partial charge in [-0.25, -0.2) is 0 Å². The van der Waals surface area contributed by atoms with Crippen LogP contribution in [0.4, 0.5) is 0 Å². The van der Waals surface area contributed by atoms with Crippen LogP contribution in [0, 0.1) is 0 Å². The fraction of sp³-hybridized carbons (Fsp3) is 0.417. The second kappa shape index (κ2) is 2.84. The van der Waals surface area contributed by atoms with Crippen molar-refractivity contribution in [3.63, 3.8) is 0 Å². The molecule has 0 unspecified atom stereocenters. The van der Waals surface area contributed by atoms with Gasteiger partial charge in [-0.05, 0) is 25.7 Å². The maximum Gasteiger partial charge on any atom is 0.165 e. The number of aryl methyl sites for hydroxylation is 2. The van der Waals surface area contributed by atoms with E-state index in [0.717, 1.165) is 37.7 Å². The number of H-pyrrole nitrogens is 1. The van der Waals surface area contributed by atoms with Gasteiger partial charge in [-0.15, -0.1) is 0 Å². The molecule has 0 aliphatic heterocycles. The Morgan fingerprint density at radius 3 is 3.00 bits per heavy atom. The maximum atomic E-state index is 11.8. The lowest BCUT2D eigenvalue weighted by atomic mass is 9.91. The quantitative estimate of drug-likeness (QED) is 0.665. The third-order valence-electron chi connectivity index (χ3n) is 3.15. The number of carbonyl (C=O) groups is 1. The van der Waals surface area contributed by atoms with Crippen LogP contribution in [0.15, 0.2) is 6.08 Å². The number of aromatic nitrogens is 1. The lowest BCUT2D eigenvalue weighted by molar-refractivity contribution is 0.0972. The Labute approximate surface area is 83.0 Å². The molecule has 14 heavy (non-hydrogen) atoms. The zero-order valence-corrected chi connectivity index (χ0v) is 8.10. The number of carbonyl (C=O) groups excluding carboxylic acids is 1. The zero-order chi connectivity index (χ0) is 9.54. The van der Waals surface area contributed by atoms with Gasteiger partial charge in [0.2, 0.25) is 0 Å². The van der Waals surface area contributed by atoms with Gasteiger partial charge in [-0.3, -0.25) is 4.79 Å². The number of Topliss-reactive ketones (excluding diaryl/α,β-unsaturated/α-hetero) is 1. The summed E-state index contributed by atoms with van der Waals surface area (Å²) in [5.41, 5.74) is 4.61. The molecule has 0 saturated carbocycles. The molecule has 0 spiro atoms. The first-order valence-electron chi connectivity index (χ1n) is 5.30. The van der Waals surface area contributed by atoms with Crippen LogP contribution in [0.25, 0.3) is 6.08 Å². The van der Waals surface area contributed by atoms with Crippen molar-refractivity contribution in [1.82, 2.24) is 4.98 Å². The van der Waals surface area contributed by atoms with Crippen molar-refractivity contribution in [2.45, 2.75) is 32.1 Å². The molecule has 1 heterocycles. The number of hydrogen-bond acceptors (Lipinski definition) is 1. The van der Waals surface area contributed by atoms with E-state index >= 15 is 0 Å². The van der Waals surface area contributed by atoms with Crippen molar-refractivity contribution >= 4 is 11.9 Å². The first-order valence-corrected chi connectivity index (χ1v) is 5.30. The second-order valence-electron chi connectivity index (χ2n) is 4.09. The van der Waals surface area contributed by atoms with Crippen molar-refractivity contribution < 1.29 is 4.79 Å². The van der Waals surface area contributed by atoms with Gasteiger partial charge in [0.25, 0.3) is 0 Å². The Bertz CT molecular complexity index is 426. The third kappa shape index (κ3) is 0.999. The highest BCUT2D eigenvalue weighted by atomic mass is 16.1. The number of ketones is 1. The van der Waals surface area contributed by atoms with Gasteiger partial charge >= 0.3 is 0 Å². The Balaban J connectivity index is 2.23. The molecule has 0 aromatic carbocycles. The SMILES string of the molecule is O=C1CCCc2[nH]c3c(c21)C=CCC3. The average Bonchev–Trinajstić information content (AvgIpc) is 2.57. The normalized spacial score (nSPS) is 19.3. The summed E-state index contributed by atoms with van der Waals surface area (Å²) in [5, 5.41) is 0. The van der Waals surface area contributed by atoms with Crippen LogP contribution in [0.5, 0.6) is 0 Å². The number of rotatable bonds is 0. The minimum Gasteiger partial charge on any atom is -0.361 e. The molecular formula is C12H13NO. The Kier molecular flexibility index (Phi) is 1.63. The van der Waals surface area contributed by atoms with Crippen molar-refractivity contribution in [3.8, 4) is 0 Å². The van der Waals surface area contributed by atoms with E-state index in [2.05, 4.69) is 17.1 Å². The van der Waals surface area contributed by atoms with Crippen LogP contribution >= 0.6 is 0 Å². The van der Waals surface area contributed by atoms with Crippen molar-refractivity contribution in [2.24, 2.45) is 0 Å². The van der Waals surface area contributed by atoms with Crippen molar-refractivity contribution in [2.75, 3.05) is 0 Å². The fourth-order valence-electron chi connectivity index (χ4n) is 2.49. The number of allylic oxidation sites excluding steroid dienone is 1. The molecule has 2 aliphatic rings. The molecule has 2 aliphatic carbocycles. The molecule has 0 amide bonds. The smallest absolute Gasteiger partial charge is 0.165 e. The van der Waals surface area contributed by atoms with E-state index in [1.807, 2.05) is 0 Å². The summed E-state index contributed by atoms with van der Waals surface area (Å²) in [6, 6.07) is 0. The molecule has 0 atom stereocenters. The van der Waals surface area contributed by atoms with E-state index in [9.17, 15) is 4.79 Å². The van der Waals surface area contributed by atoms with E-state index in [-0.39, 0.29) is 0 Å². The van der Waals surface area contributed by atoms with E-state index in [1.165, 1.54) is 17.0 Å². The standard InChI is InChI=1S/C12H13NO/c14-11-7-3-6-10-12(11)8-4-1-2-5-9(8)13-10/h1,4,13H,2-3,5-7H2. The predicted molar refractivity (Wildman–Crippen MR) is 55.4 cm³/mol. The largest absolute Gasteiger partial charge is 0.361 e. The van der Waals surface area contributed by atoms with Crippen molar-refractivity contribution in [1.29, 1.82) is 0 Å². The Morgan fingerprint density at radius 2 is 2.07 bits per heavy atom. The fourth-order valence-corrected chi connectivity index (χ4v) is 2.49. The molecule has 1 N–H and O–H groups in total. The van der Waals surface area contributed by atoms with Gasteiger partial charge in [0.1, 0.15) is 0 Å². The summed E-state index contributed by atoms with van der Waals surface area (Å²) < 4.78 is 0. The van der Waals surface area contributed by atoms with Crippen LogP contribution in [-0.4, -0.2) is 10.8 Å². The molecule has 1 aromatic rings. The van der Waals surface area contributed by atoms with Crippen LogP contribution in [0.3, 0.4) is 0 Å². The monoisotopic (exact) mass is 187 g/mol. The van der Waals surface area contributed by atoms with Crippen LogP contribution in [0.2, 0.25) is 0 Å². The molecular weight excluding hydrogens is 174 g/mol. The van der Waals surface area contributed by atoms with Crippen LogP contribution in [-0.2, 0) is 12.8 Å². The molecule has 2 heteroatoms. The predicted octanol–water partition coefficient (Wildman–Crippen LogP) is 2.49. The van der Waals surface area contributed by atoms with Crippen LogP contribution in [0.1, 0.15) is 46.6 Å². The van der Waals surface area contributed by atoms with E-state index in [4.69, 9.17) is 0 Å². The van der Waals surface area contributed by atoms with Gasteiger partial charge in [-0.2, -0.15) is 0 Å². The van der Waals surface area contributed by atoms with Gasteiger partial charge in [0.05, 0.1) is 0 Å². The summed E-state index contributed by atoms with van der Waals surface area (Å²) in [5.74, 6) is 0.329. The molecule has 0 bridgehead atoms. The van der Waals surface area contributed by atoms with Crippen molar-refractivity contribution in [3.05, 3.63) is 28.6 Å². The number of hydrogen-bond donors (Lipinski definition) is 1. The van der Waals surface area contributed by atoms with Gasteiger partial charge in [-0.1, -0.05) is 12.2 Å². The van der Waals surface area contributed by atoms with Crippen LogP contribution < -0.4 is 0 Å². The lowest BCUT2D eigenvalue weighted by Crippen LogP contribution is -2.10. The number of aromatic amines is 1. The molecule has 72 valence electrons. The number of fused-ring (bicyclic) bond motifs is 3. The molecule has 2 nitrogen and oxygen atoms in total. The Morgan fingerprint density at radius 1 is 1.14 bits per heavy atom. The molecule has 0 radical (unpaired) electrons. The second-order valence-corrected chi connectivity index (χ2v) is 4.09. The third-order valence-corrected chi connectivity index (χ3v) is 3.15. The zero-order valence-electron chi connectivity index (χ0n) is 8.10. The van der Waals surface area contributed by atoms with Gasteiger partial charge in [0, 0.05) is 28.9 Å². The first kappa shape index (κ1) is 8.04. The molecule has 0 saturated heterocycles. The van der Waals surface area contributed by atoms with Gasteiger partial charge in [0.15, 0.2) is 5.78 Å². The van der Waals surface area contributed by atoms with E-state index in [1.54, 1.807) is 0 Å². The Hall–Kier alpha value is -1.31. The maximum absolute atomic E-state index is 11.8. The number of nitrogens with one attached hydrogen (secondary N) is 1. The minimum atomic E-state index is 0.329. The summed E-state index contributed by atoms with van der Waals surface area (Å²) in [6.45, 7) is 0.